The molecule has 0 spiro atoms. The smallest absolute Gasteiger partial charge is 0.272 e. The van der Waals surface area contributed by atoms with Crippen LogP contribution in [0, 0.1) is 0 Å². The van der Waals surface area contributed by atoms with Crippen molar-refractivity contribution in [3.05, 3.63) is 66.1 Å². The van der Waals surface area contributed by atoms with E-state index in [2.05, 4.69) is 15.2 Å². The van der Waals surface area contributed by atoms with Gasteiger partial charge in [0, 0.05) is 69.5 Å². The molecule has 1 aliphatic rings. The van der Waals surface area contributed by atoms with Crippen molar-refractivity contribution in [3.63, 3.8) is 0 Å². The minimum absolute atomic E-state index is 0.00815. The Morgan fingerprint density at radius 3 is 2.37 bits per heavy atom. The number of carbonyl (C=O) groups excluding carboxylic acids is 2. The normalized spacial score (nSPS) is 13.9. The number of carbonyl (C=O) groups is 2. The van der Waals surface area contributed by atoms with E-state index in [-0.39, 0.29) is 11.8 Å². The molecule has 4 rings (SSSR count). The van der Waals surface area contributed by atoms with Crippen LogP contribution in [0.3, 0.4) is 0 Å². The van der Waals surface area contributed by atoms with E-state index in [4.69, 9.17) is 0 Å². The zero-order chi connectivity index (χ0) is 21.1. The van der Waals surface area contributed by atoms with E-state index in [1.54, 1.807) is 28.3 Å². The topological polar surface area (TPSA) is 85.4 Å². The molecule has 1 fully saturated rings. The van der Waals surface area contributed by atoms with Gasteiger partial charge < -0.3 is 14.7 Å². The van der Waals surface area contributed by atoms with Crippen LogP contribution in [0.2, 0.25) is 0 Å². The third-order valence-corrected chi connectivity index (χ3v) is 5.23. The molecule has 1 aliphatic heterocycles. The molecular weight excluding hydrogens is 380 g/mol. The fourth-order valence-corrected chi connectivity index (χ4v) is 3.48. The van der Waals surface area contributed by atoms with Crippen molar-refractivity contribution in [3.8, 4) is 11.3 Å². The van der Waals surface area contributed by atoms with Crippen molar-refractivity contribution < 1.29 is 9.59 Å². The Kier molecular flexibility index (Phi) is 5.47. The quantitative estimate of drug-likeness (QED) is 0.720. The summed E-state index contributed by atoms with van der Waals surface area (Å²) in [4.78, 5) is 35.3. The minimum atomic E-state index is -0.112. The maximum Gasteiger partial charge on any atom is 0.272 e. The fourth-order valence-electron chi connectivity index (χ4n) is 3.48. The van der Waals surface area contributed by atoms with E-state index >= 15 is 0 Å². The molecule has 8 nitrogen and oxygen atoms in total. The molecule has 1 aromatic carbocycles. The van der Waals surface area contributed by atoms with Crippen LogP contribution < -0.4 is 4.90 Å². The summed E-state index contributed by atoms with van der Waals surface area (Å²) in [5.41, 5.74) is 3.62. The van der Waals surface area contributed by atoms with Crippen LogP contribution in [0.4, 0.5) is 5.69 Å². The zero-order valence-electron chi connectivity index (χ0n) is 17.1. The Morgan fingerprint density at radius 1 is 0.967 bits per heavy atom. The summed E-state index contributed by atoms with van der Waals surface area (Å²) in [6, 6.07) is 13.0. The molecular formula is C22H24N6O2. The molecule has 3 heterocycles. The number of aromatic amines is 1. The van der Waals surface area contributed by atoms with Gasteiger partial charge in [0.2, 0.25) is 0 Å². The second-order valence-corrected chi connectivity index (χ2v) is 7.44. The van der Waals surface area contributed by atoms with Gasteiger partial charge in [0.05, 0.1) is 5.69 Å². The second-order valence-electron chi connectivity index (χ2n) is 7.44. The molecule has 30 heavy (non-hydrogen) atoms. The average molecular weight is 404 g/mol. The Morgan fingerprint density at radius 2 is 1.70 bits per heavy atom. The number of amides is 2. The molecule has 0 aliphatic carbocycles. The molecule has 1 saturated heterocycles. The maximum absolute atomic E-state index is 12.9. The largest absolute Gasteiger partial charge is 0.378 e. The van der Waals surface area contributed by atoms with Gasteiger partial charge in [0.15, 0.2) is 0 Å². The lowest BCUT2D eigenvalue weighted by molar-refractivity contribution is 0.0532. The van der Waals surface area contributed by atoms with E-state index in [1.807, 2.05) is 55.4 Å². The zero-order valence-corrected chi connectivity index (χ0v) is 17.1. The van der Waals surface area contributed by atoms with Gasteiger partial charge in [-0.15, -0.1) is 0 Å². The molecule has 154 valence electrons. The van der Waals surface area contributed by atoms with Crippen LogP contribution in [0.1, 0.15) is 20.8 Å². The van der Waals surface area contributed by atoms with Gasteiger partial charge in [-0.2, -0.15) is 5.10 Å². The number of anilines is 1. The molecule has 0 unspecified atom stereocenters. The van der Waals surface area contributed by atoms with Crippen LogP contribution >= 0.6 is 0 Å². The van der Waals surface area contributed by atoms with Crippen LogP contribution in [0.15, 0.2) is 54.9 Å². The van der Waals surface area contributed by atoms with E-state index < -0.39 is 0 Å². The van der Waals surface area contributed by atoms with E-state index in [0.717, 1.165) is 11.3 Å². The van der Waals surface area contributed by atoms with Gasteiger partial charge in [-0.05, 0) is 36.4 Å². The third-order valence-electron chi connectivity index (χ3n) is 5.23. The number of rotatable bonds is 4. The molecule has 8 heteroatoms. The predicted octanol–water partition coefficient (Wildman–Crippen LogP) is 2.14. The number of hydrogen-bond acceptors (Lipinski definition) is 5. The number of nitrogens with one attached hydrogen (secondary N) is 1. The highest BCUT2D eigenvalue weighted by Crippen LogP contribution is 2.19. The summed E-state index contributed by atoms with van der Waals surface area (Å²) in [5, 5.41) is 7.05. The molecule has 0 saturated carbocycles. The van der Waals surface area contributed by atoms with Crippen molar-refractivity contribution in [2.45, 2.75) is 0 Å². The summed E-state index contributed by atoms with van der Waals surface area (Å²) in [6.07, 6.45) is 3.40. The molecule has 0 atom stereocenters. The van der Waals surface area contributed by atoms with E-state index in [1.165, 1.54) is 0 Å². The Labute approximate surface area is 175 Å². The number of piperazine rings is 1. The highest BCUT2D eigenvalue weighted by Gasteiger charge is 2.26. The molecule has 2 aromatic heterocycles. The number of pyridine rings is 1. The highest BCUT2D eigenvalue weighted by molar-refractivity contribution is 5.96. The van der Waals surface area contributed by atoms with Crippen LogP contribution in [-0.2, 0) is 0 Å². The van der Waals surface area contributed by atoms with Crippen LogP contribution in [0.25, 0.3) is 11.3 Å². The van der Waals surface area contributed by atoms with Gasteiger partial charge in [-0.1, -0.05) is 6.07 Å². The summed E-state index contributed by atoms with van der Waals surface area (Å²) in [6.45, 7) is 1.97. The Bertz CT molecular complexity index is 1040. The van der Waals surface area contributed by atoms with E-state index in [0.29, 0.717) is 43.1 Å². The lowest BCUT2D eigenvalue weighted by atomic mass is 10.1. The summed E-state index contributed by atoms with van der Waals surface area (Å²) in [5.74, 6) is -0.120. The number of H-pyrrole nitrogens is 1. The number of hydrogen-bond donors (Lipinski definition) is 1. The van der Waals surface area contributed by atoms with Crippen molar-refractivity contribution in [1.82, 2.24) is 25.0 Å². The summed E-state index contributed by atoms with van der Waals surface area (Å²) >= 11 is 0. The van der Waals surface area contributed by atoms with Gasteiger partial charge in [-0.3, -0.25) is 19.7 Å². The minimum Gasteiger partial charge on any atom is -0.378 e. The summed E-state index contributed by atoms with van der Waals surface area (Å²) < 4.78 is 0. The Hall–Kier alpha value is -3.68. The highest BCUT2D eigenvalue weighted by atomic mass is 16.2. The van der Waals surface area contributed by atoms with Crippen LogP contribution in [-0.4, -0.2) is 77.1 Å². The first-order chi connectivity index (χ1) is 14.5. The molecule has 2 amide bonds. The van der Waals surface area contributed by atoms with Gasteiger partial charge in [-0.25, -0.2) is 0 Å². The third kappa shape index (κ3) is 4.03. The Balaban J connectivity index is 1.39. The first kappa shape index (κ1) is 19.6. The first-order valence-electron chi connectivity index (χ1n) is 9.84. The monoisotopic (exact) mass is 404 g/mol. The first-order valence-corrected chi connectivity index (χ1v) is 9.84. The number of benzene rings is 1. The molecule has 1 N–H and O–H groups in total. The standard InChI is InChI=1S/C22H24N6O2/c1-26(2)18-7-3-5-16(13-18)21(29)27-9-11-28(12-10-27)22(30)20-14-19(24-25-20)17-6-4-8-23-15-17/h3-8,13-15H,9-12H2,1-2H3,(H,24,25). The SMILES string of the molecule is CN(C)c1cccc(C(=O)N2CCN(C(=O)c3cc(-c4cccnc4)n[nH]3)CC2)c1. The fraction of sp³-hybridized carbons (Fsp3) is 0.273. The predicted molar refractivity (Wildman–Crippen MR) is 114 cm³/mol. The van der Waals surface area contributed by atoms with Crippen molar-refractivity contribution in [2.24, 2.45) is 0 Å². The summed E-state index contributed by atoms with van der Waals surface area (Å²) in [7, 11) is 3.90. The molecule has 0 bridgehead atoms. The van der Waals surface area contributed by atoms with Gasteiger partial charge >= 0.3 is 0 Å². The second kappa shape index (κ2) is 8.36. The molecule has 3 aromatic rings. The van der Waals surface area contributed by atoms with Crippen molar-refractivity contribution in [2.75, 3.05) is 45.2 Å². The molecule has 0 radical (unpaired) electrons. The van der Waals surface area contributed by atoms with Crippen molar-refractivity contribution >= 4 is 17.5 Å². The van der Waals surface area contributed by atoms with Gasteiger partial charge in [0.1, 0.15) is 5.69 Å². The maximum atomic E-state index is 12.9. The number of aromatic nitrogens is 3. The lowest BCUT2D eigenvalue weighted by Crippen LogP contribution is -2.50. The number of nitrogens with zero attached hydrogens (tertiary/aromatic N) is 5. The van der Waals surface area contributed by atoms with E-state index in [9.17, 15) is 9.59 Å². The van der Waals surface area contributed by atoms with Crippen molar-refractivity contribution in [1.29, 1.82) is 0 Å². The van der Waals surface area contributed by atoms with Gasteiger partial charge in [0.25, 0.3) is 11.8 Å². The average Bonchev–Trinajstić information content (AvgIpc) is 3.29. The lowest BCUT2D eigenvalue weighted by Gasteiger charge is -2.34. The van der Waals surface area contributed by atoms with Crippen LogP contribution in [0.5, 0.6) is 0 Å².